The number of thiazole rings is 1. The third-order valence-corrected chi connectivity index (χ3v) is 5.88. The molecule has 1 aromatic heterocycles. The first-order valence-electron chi connectivity index (χ1n) is 5.21. The number of anilines is 1. The molecule has 0 aliphatic heterocycles. The predicted octanol–water partition coefficient (Wildman–Crippen LogP) is 3.87. The van der Waals surface area contributed by atoms with E-state index in [2.05, 4.69) is 9.71 Å². The summed E-state index contributed by atoms with van der Waals surface area (Å²) in [7, 11) is -3.68. The first-order valence-corrected chi connectivity index (χ1v) is 8.27. The molecule has 0 aliphatic carbocycles. The zero-order valence-electron chi connectivity index (χ0n) is 10.1. The molecule has 0 unspecified atom stereocenters. The molecule has 8 heteroatoms. The van der Waals surface area contributed by atoms with E-state index in [1.807, 2.05) is 0 Å². The Kier molecular flexibility index (Phi) is 4.06. The first-order chi connectivity index (χ1) is 8.79. The van der Waals surface area contributed by atoms with Crippen LogP contribution in [0.4, 0.5) is 5.69 Å². The van der Waals surface area contributed by atoms with Crippen LogP contribution in [-0.2, 0) is 10.0 Å². The van der Waals surface area contributed by atoms with Gasteiger partial charge in [0, 0.05) is 5.02 Å². The van der Waals surface area contributed by atoms with Gasteiger partial charge < -0.3 is 0 Å². The smallest absolute Gasteiger partial charge is 0.273 e. The Bertz CT molecular complexity index is 726. The Balaban J connectivity index is 2.39. The van der Waals surface area contributed by atoms with Crippen molar-refractivity contribution in [3.63, 3.8) is 0 Å². The number of aryl methyl sites for hydroxylation is 2. The molecule has 102 valence electrons. The van der Waals surface area contributed by atoms with Crippen molar-refractivity contribution in [3.05, 3.63) is 38.9 Å². The minimum Gasteiger partial charge on any atom is -0.279 e. The number of nitrogens with one attached hydrogen (secondary N) is 1. The van der Waals surface area contributed by atoms with Crippen LogP contribution in [0, 0.1) is 13.8 Å². The van der Waals surface area contributed by atoms with Crippen molar-refractivity contribution >= 4 is 50.2 Å². The number of hydrogen-bond donors (Lipinski definition) is 1. The molecule has 0 amide bonds. The standard InChI is InChI=1S/C11H10Cl2N2O2S2/c1-6-5-8(12)3-4-9(6)15-19(16,17)10-7(2)14-11(13)18-10/h3-5,15H,1-2H3. The number of sulfonamides is 1. The molecule has 1 heterocycles. The number of rotatable bonds is 3. The molecule has 0 saturated heterocycles. The summed E-state index contributed by atoms with van der Waals surface area (Å²) in [6, 6.07) is 4.93. The fourth-order valence-corrected chi connectivity index (χ4v) is 4.63. The maximum atomic E-state index is 12.2. The van der Waals surface area contributed by atoms with E-state index in [9.17, 15) is 8.42 Å². The quantitative estimate of drug-likeness (QED) is 0.925. The Hall–Kier alpha value is -0.820. The minimum absolute atomic E-state index is 0.117. The molecule has 2 aromatic rings. The van der Waals surface area contributed by atoms with E-state index in [1.165, 1.54) is 0 Å². The average molecular weight is 337 g/mol. The highest BCUT2D eigenvalue weighted by Crippen LogP contribution is 2.29. The summed E-state index contributed by atoms with van der Waals surface area (Å²) < 4.78 is 27.3. The van der Waals surface area contributed by atoms with Gasteiger partial charge in [-0.1, -0.05) is 34.5 Å². The van der Waals surface area contributed by atoms with Crippen LogP contribution in [0.2, 0.25) is 9.49 Å². The van der Waals surface area contributed by atoms with E-state index in [0.29, 0.717) is 16.4 Å². The van der Waals surface area contributed by atoms with Crippen LogP contribution in [0.25, 0.3) is 0 Å². The monoisotopic (exact) mass is 336 g/mol. The maximum absolute atomic E-state index is 12.2. The molecule has 0 atom stereocenters. The Morgan fingerprint density at radius 2 is 1.95 bits per heavy atom. The van der Waals surface area contributed by atoms with Gasteiger partial charge in [0.05, 0.1) is 11.4 Å². The van der Waals surface area contributed by atoms with Crippen molar-refractivity contribution in [2.24, 2.45) is 0 Å². The second-order valence-electron chi connectivity index (χ2n) is 3.90. The maximum Gasteiger partial charge on any atom is 0.273 e. The summed E-state index contributed by atoms with van der Waals surface area (Å²) >= 11 is 12.5. The van der Waals surface area contributed by atoms with Crippen LogP contribution in [0.1, 0.15) is 11.3 Å². The molecule has 4 nitrogen and oxygen atoms in total. The summed E-state index contributed by atoms with van der Waals surface area (Å²) in [5, 5.41) is 0.553. The van der Waals surface area contributed by atoms with Crippen LogP contribution >= 0.6 is 34.5 Å². The van der Waals surface area contributed by atoms with Crippen LogP contribution in [0.15, 0.2) is 22.4 Å². The molecule has 1 N–H and O–H groups in total. The van der Waals surface area contributed by atoms with Crippen molar-refractivity contribution in [1.29, 1.82) is 0 Å². The summed E-state index contributed by atoms with van der Waals surface area (Å²) in [6.45, 7) is 3.38. The summed E-state index contributed by atoms with van der Waals surface area (Å²) in [5.41, 5.74) is 1.60. The Labute approximate surface area is 125 Å². The van der Waals surface area contributed by atoms with E-state index in [1.54, 1.807) is 32.0 Å². The van der Waals surface area contributed by atoms with E-state index in [0.717, 1.165) is 16.9 Å². The van der Waals surface area contributed by atoms with Gasteiger partial charge in [0.25, 0.3) is 10.0 Å². The number of nitrogens with zero attached hydrogens (tertiary/aromatic N) is 1. The van der Waals surface area contributed by atoms with Gasteiger partial charge in [-0.05, 0) is 37.6 Å². The number of halogens is 2. The highest BCUT2D eigenvalue weighted by atomic mass is 35.5. The molecule has 0 spiro atoms. The van der Waals surface area contributed by atoms with E-state index in [4.69, 9.17) is 23.2 Å². The lowest BCUT2D eigenvalue weighted by Crippen LogP contribution is -2.13. The highest BCUT2D eigenvalue weighted by molar-refractivity contribution is 7.94. The highest BCUT2D eigenvalue weighted by Gasteiger charge is 2.22. The molecule has 19 heavy (non-hydrogen) atoms. The molecule has 0 radical (unpaired) electrons. The van der Waals surface area contributed by atoms with Gasteiger partial charge in [0.2, 0.25) is 0 Å². The molecule has 0 fully saturated rings. The zero-order chi connectivity index (χ0) is 14.2. The van der Waals surface area contributed by atoms with Crippen molar-refractivity contribution in [3.8, 4) is 0 Å². The van der Waals surface area contributed by atoms with Crippen molar-refractivity contribution < 1.29 is 8.42 Å². The van der Waals surface area contributed by atoms with E-state index >= 15 is 0 Å². The third-order valence-electron chi connectivity index (χ3n) is 2.40. The van der Waals surface area contributed by atoms with Crippen LogP contribution in [0.3, 0.4) is 0 Å². The summed E-state index contributed by atoms with van der Waals surface area (Å²) in [4.78, 5) is 3.90. The van der Waals surface area contributed by atoms with Crippen LogP contribution in [-0.4, -0.2) is 13.4 Å². The lowest BCUT2D eigenvalue weighted by molar-refractivity contribution is 0.602. The molecular formula is C11H10Cl2N2O2S2. The van der Waals surface area contributed by atoms with Crippen molar-refractivity contribution in [2.75, 3.05) is 4.72 Å². The molecular weight excluding hydrogens is 327 g/mol. The van der Waals surface area contributed by atoms with Crippen LogP contribution < -0.4 is 4.72 Å². The van der Waals surface area contributed by atoms with Gasteiger partial charge in [0.15, 0.2) is 8.68 Å². The molecule has 0 bridgehead atoms. The van der Waals surface area contributed by atoms with Gasteiger partial charge in [0.1, 0.15) is 0 Å². The third kappa shape index (κ3) is 3.20. The second kappa shape index (κ2) is 5.28. The normalized spacial score (nSPS) is 11.6. The largest absolute Gasteiger partial charge is 0.279 e. The zero-order valence-corrected chi connectivity index (χ0v) is 13.2. The van der Waals surface area contributed by atoms with Gasteiger partial charge >= 0.3 is 0 Å². The van der Waals surface area contributed by atoms with E-state index < -0.39 is 10.0 Å². The molecule has 0 aliphatic rings. The van der Waals surface area contributed by atoms with Gasteiger partial charge in [-0.15, -0.1) is 0 Å². The van der Waals surface area contributed by atoms with Gasteiger partial charge in [-0.2, -0.15) is 0 Å². The Morgan fingerprint density at radius 3 is 2.47 bits per heavy atom. The first kappa shape index (κ1) is 14.6. The summed E-state index contributed by atoms with van der Waals surface area (Å²) in [6.07, 6.45) is 0. The van der Waals surface area contributed by atoms with Crippen molar-refractivity contribution in [1.82, 2.24) is 4.98 Å². The number of aromatic nitrogens is 1. The van der Waals surface area contributed by atoms with Gasteiger partial charge in [-0.25, -0.2) is 13.4 Å². The lowest BCUT2D eigenvalue weighted by atomic mass is 10.2. The fourth-order valence-electron chi connectivity index (χ4n) is 1.53. The van der Waals surface area contributed by atoms with E-state index in [-0.39, 0.29) is 8.68 Å². The lowest BCUT2D eigenvalue weighted by Gasteiger charge is -2.09. The van der Waals surface area contributed by atoms with Crippen LogP contribution in [0.5, 0.6) is 0 Å². The number of benzene rings is 1. The molecule has 0 saturated carbocycles. The predicted molar refractivity (Wildman–Crippen MR) is 78.9 cm³/mol. The summed E-state index contributed by atoms with van der Waals surface area (Å²) in [5.74, 6) is 0. The van der Waals surface area contributed by atoms with Gasteiger partial charge in [-0.3, -0.25) is 4.72 Å². The molecule has 2 rings (SSSR count). The number of hydrogen-bond acceptors (Lipinski definition) is 4. The Morgan fingerprint density at radius 1 is 1.26 bits per heavy atom. The second-order valence-corrected chi connectivity index (χ2v) is 7.80. The fraction of sp³-hybridized carbons (Fsp3) is 0.182. The SMILES string of the molecule is Cc1cc(Cl)ccc1NS(=O)(=O)c1sc(Cl)nc1C. The average Bonchev–Trinajstić information content (AvgIpc) is 2.63. The minimum atomic E-state index is -3.68. The topological polar surface area (TPSA) is 59.1 Å². The molecule has 1 aromatic carbocycles. The van der Waals surface area contributed by atoms with Crippen molar-refractivity contribution in [2.45, 2.75) is 18.1 Å².